The molecule has 130 valence electrons. The van der Waals surface area contributed by atoms with Crippen molar-refractivity contribution in [1.82, 2.24) is 0 Å². The van der Waals surface area contributed by atoms with Crippen molar-refractivity contribution in [3.8, 4) is 0 Å². The number of rotatable bonds is 13. The maximum absolute atomic E-state index is 5.70. The molecule has 0 saturated heterocycles. The minimum atomic E-state index is 0.459. The third-order valence-corrected chi connectivity index (χ3v) is 3.70. The predicted molar refractivity (Wildman–Crippen MR) is 103 cm³/mol. The molecular weight excluding hydrogens is 296 g/mol. The van der Waals surface area contributed by atoms with Crippen LogP contribution in [0.5, 0.6) is 0 Å². The molecule has 0 aliphatic rings. The molecule has 0 bridgehead atoms. The minimum Gasteiger partial charge on any atom is -0.497 e. The van der Waals surface area contributed by atoms with Crippen LogP contribution in [0.3, 0.4) is 0 Å². The lowest BCUT2D eigenvalue weighted by molar-refractivity contribution is 0.148. The molecule has 0 N–H and O–H groups in total. The van der Waals surface area contributed by atoms with Gasteiger partial charge >= 0.3 is 0 Å². The summed E-state index contributed by atoms with van der Waals surface area (Å²) in [6.07, 6.45) is 12.9. The van der Waals surface area contributed by atoms with E-state index in [1.54, 1.807) is 12.3 Å². The van der Waals surface area contributed by atoms with Gasteiger partial charge in [0.1, 0.15) is 6.61 Å². The van der Waals surface area contributed by atoms with Gasteiger partial charge in [-0.1, -0.05) is 60.7 Å². The Morgan fingerprint density at radius 1 is 1.12 bits per heavy atom. The van der Waals surface area contributed by atoms with Crippen LogP contribution >= 0.6 is 0 Å². The quantitative estimate of drug-likeness (QED) is 0.258. The smallest absolute Gasteiger partial charge is 0.105 e. The van der Waals surface area contributed by atoms with Crippen LogP contribution in [0.4, 0.5) is 0 Å². The summed E-state index contributed by atoms with van der Waals surface area (Å²) in [6.45, 7) is 11.5. The van der Waals surface area contributed by atoms with Crippen molar-refractivity contribution in [3.05, 3.63) is 85.2 Å². The zero-order valence-corrected chi connectivity index (χ0v) is 14.8. The Labute approximate surface area is 147 Å². The molecule has 0 aliphatic carbocycles. The van der Waals surface area contributed by atoms with E-state index in [1.807, 2.05) is 24.3 Å². The first-order chi connectivity index (χ1) is 11.8. The van der Waals surface area contributed by atoms with E-state index in [1.165, 1.54) is 11.1 Å². The average molecular weight is 326 g/mol. The standard InChI is InChI=1S/C22H30O2/c1-4-9-21(15-18-23-16-5-2)13-12-20(3)14-17-24-19-22-10-7-6-8-11-22/h4-8,10-11,14-15,18,21H,1-2,9,12-13,16-17,19H2,3H3/b18-15+,20-14+. The first kappa shape index (κ1) is 20.0. The maximum Gasteiger partial charge on any atom is 0.105 e. The van der Waals surface area contributed by atoms with E-state index in [4.69, 9.17) is 9.47 Å². The molecule has 1 aromatic carbocycles. The zero-order valence-electron chi connectivity index (χ0n) is 14.8. The predicted octanol–water partition coefficient (Wildman–Crippen LogP) is 5.84. The van der Waals surface area contributed by atoms with Crippen molar-refractivity contribution < 1.29 is 9.47 Å². The Kier molecular flexibility index (Phi) is 11.1. The fourth-order valence-corrected chi connectivity index (χ4v) is 2.26. The van der Waals surface area contributed by atoms with E-state index in [9.17, 15) is 0 Å². The van der Waals surface area contributed by atoms with Gasteiger partial charge in [0, 0.05) is 0 Å². The average Bonchev–Trinajstić information content (AvgIpc) is 2.61. The summed E-state index contributed by atoms with van der Waals surface area (Å²) in [5.41, 5.74) is 2.57. The molecule has 1 atom stereocenters. The summed E-state index contributed by atoms with van der Waals surface area (Å²) < 4.78 is 11.0. The van der Waals surface area contributed by atoms with E-state index in [2.05, 4.69) is 44.4 Å². The van der Waals surface area contributed by atoms with Gasteiger partial charge in [0.2, 0.25) is 0 Å². The molecule has 2 nitrogen and oxygen atoms in total. The van der Waals surface area contributed by atoms with Crippen LogP contribution in [0, 0.1) is 5.92 Å². The molecular formula is C22H30O2. The van der Waals surface area contributed by atoms with Crippen molar-refractivity contribution in [2.75, 3.05) is 13.2 Å². The SMILES string of the molecule is C=CCO/C=C/C(CC=C)CC/C(C)=C/COCc1ccccc1. The van der Waals surface area contributed by atoms with Gasteiger partial charge in [-0.15, -0.1) is 6.58 Å². The third-order valence-electron chi connectivity index (χ3n) is 3.70. The number of hydrogen-bond donors (Lipinski definition) is 0. The highest BCUT2D eigenvalue weighted by molar-refractivity contribution is 5.13. The molecule has 1 unspecified atom stereocenters. The van der Waals surface area contributed by atoms with E-state index in [0.717, 1.165) is 19.3 Å². The summed E-state index contributed by atoms with van der Waals surface area (Å²) in [5.74, 6) is 0.459. The van der Waals surface area contributed by atoms with Crippen molar-refractivity contribution in [2.45, 2.75) is 32.8 Å². The second kappa shape index (κ2) is 13.4. The van der Waals surface area contributed by atoms with Crippen LogP contribution < -0.4 is 0 Å². The van der Waals surface area contributed by atoms with Gasteiger partial charge < -0.3 is 9.47 Å². The van der Waals surface area contributed by atoms with Gasteiger partial charge in [-0.05, 0) is 43.7 Å². The lowest BCUT2D eigenvalue weighted by atomic mass is 9.97. The highest BCUT2D eigenvalue weighted by atomic mass is 16.5. The Morgan fingerprint density at radius 3 is 2.62 bits per heavy atom. The first-order valence-electron chi connectivity index (χ1n) is 8.53. The second-order valence-electron chi connectivity index (χ2n) is 5.82. The molecule has 0 radical (unpaired) electrons. The van der Waals surface area contributed by atoms with Crippen LogP contribution in [0.2, 0.25) is 0 Å². The van der Waals surface area contributed by atoms with Gasteiger partial charge in [-0.25, -0.2) is 0 Å². The highest BCUT2D eigenvalue weighted by Gasteiger charge is 2.03. The lowest BCUT2D eigenvalue weighted by Gasteiger charge is -2.11. The summed E-state index contributed by atoms with van der Waals surface area (Å²) in [6, 6.07) is 10.2. The van der Waals surface area contributed by atoms with Gasteiger partial charge in [0.25, 0.3) is 0 Å². The third kappa shape index (κ3) is 9.86. The fraction of sp³-hybridized carbons (Fsp3) is 0.364. The van der Waals surface area contributed by atoms with Crippen molar-refractivity contribution in [1.29, 1.82) is 0 Å². The van der Waals surface area contributed by atoms with E-state index < -0.39 is 0 Å². The van der Waals surface area contributed by atoms with Gasteiger partial charge in [0.05, 0.1) is 19.5 Å². The minimum absolute atomic E-state index is 0.459. The van der Waals surface area contributed by atoms with Gasteiger partial charge in [-0.2, -0.15) is 0 Å². The monoisotopic (exact) mass is 326 g/mol. The molecule has 0 spiro atoms. The molecule has 24 heavy (non-hydrogen) atoms. The van der Waals surface area contributed by atoms with Crippen LogP contribution in [-0.2, 0) is 16.1 Å². The second-order valence-corrected chi connectivity index (χ2v) is 5.82. The number of hydrogen-bond acceptors (Lipinski definition) is 2. The van der Waals surface area contributed by atoms with Crippen molar-refractivity contribution in [3.63, 3.8) is 0 Å². The Morgan fingerprint density at radius 2 is 1.92 bits per heavy atom. The van der Waals surface area contributed by atoms with E-state index in [0.29, 0.717) is 25.7 Å². The van der Waals surface area contributed by atoms with Crippen LogP contribution in [0.15, 0.2) is 79.6 Å². The van der Waals surface area contributed by atoms with Crippen LogP contribution in [0.1, 0.15) is 31.7 Å². The van der Waals surface area contributed by atoms with Crippen molar-refractivity contribution >= 4 is 0 Å². The number of ether oxygens (including phenoxy) is 2. The topological polar surface area (TPSA) is 18.5 Å². The highest BCUT2D eigenvalue weighted by Crippen LogP contribution is 2.17. The summed E-state index contributed by atoms with van der Waals surface area (Å²) in [7, 11) is 0. The number of allylic oxidation sites excluding steroid dienone is 3. The van der Waals surface area contributed by atoms with Crippen LogP contribution in [-0.4, -0.2) is 13.2 Å². The van der Waals surface area contributed by atoms with Crippen LogP contribution in [0.25, 0.3) is 0 Å². The Hall–Kier alpha value is -2.06. The summed E-state index contributed by atoms with van der Waals surface area (Å²) in [5, 5.41) is 0. The molecule has 0 amide bonds. The van der Waals surface area contributed by atoms with Gasteiger partial charge in [0.15, 0.2) is 0 Å². The molecule has 0 saturated carbocycles. The fourth-order valence-electron chi connectivity index (χ4n) is 2.26. The molecule has 0 aliphatic heterocycles. The summed E-state index contributed by atoms with van der Waals surface area (Å²) in [4.78, 5) is 0. The molecule has 0 heterocycles. The largest absolute Gasteiger partial charge is 0.497 e. The van der Waals surface area contributed by atoms with Crippen molar-refractivity contribution in [2.24, 2.45) is 5.92 Å². The lowest BCUT2D eigenvalue weighted by Crippen LogP contribution is -1.97. The molecule has 0 fully saturated rings. The Bertz CT molecular complexity index is 514. The molecule has 1 rings (SSSR count). The molecule has 1 aromatic rings. The number of benzene rings is 1. The van der Waals surface area contributed by atoms with E-state index in [-0.39, 0.29) is 0 Å². The Balaban J connectivity index is 2.27. The summed E-state index contributed by atoms with van der Waals surface area (Å²) >= 11 is 0. The van der Waals surface area contributed by atoms with E-state index >= 15 is 0 Å². The van der Waals surface area contributed by atoms with Gasteiger partial charge in [-0.3, -0.25) is 0 Å². The first-order valence-corrected chi connectivity index (χ1v) is 8.53. The molecule has 0 aromatic heterocycles. The molecule has 2 heteroatoms. The normalized spacial score (nSPS) is 13.0. The zero-order chi connectivity index (χ0) is 17.5. The maximum atomic E-state index is 5.70.